The predicted octanol–water partition coefficient (Wildman–Crippen LogP) is 3.26. The topological polar surface area (TPSA) is 124 Å². The Morgan fingerprint density at radius 3 is 1.05 bits per heavy atom. The lowest BCUT2D eigenvalue weighted by molar-refractivity contribution is -0.00352. The van der Waals surface area contributed by atoms with Gasteiger partial charge in [0.1, 0.15) is 0 Å². The molecule has 214 valence electrons. The Bertz CT molecular complexity index is 1020. The van der Waals surface area contributed by atoms with Gasteiger partial charge in [0.25, 0.3) is 20.2 Å². The molecule has 2 rings (SSSR count). The van der Waals surface area contributed by atoms with Crippen LogP contribution in [0.3, 0.4) is 0 Å². The van der Waals surface area contributed by atoms with Crippen LogP contribution in [0.15, 0.2) is 58.3 Å². The fourth-order valence-electron chi connectivity index (χ4n) is 2.97. The first-order chi connectivity index (χ1) is 18.2. The molecule has 0 bridgehead atoms. The summed E-state index contributed by atoms with van der Waals surface area (Å²) in [5, 5.41) is 0. The summed E-state index contributed by atoms with van der Waals surface area (Å²) < 4.78 is 79.9. The SMILES string of the molecule is Cc1ccc(S(=O)(=O)OCCCOCCOCCOCCOCCCOS(=O)(=O)c2ccc(C)cc2)cc1. The second kappa shape index (κ2) is 17.6. The van der Waals surface area contributed by atoms with Gasteiger partial charge in [0.15, 0.2) is 0 Å². The van der Waals surface area contributed by atoms with Crippen LogP contribution in [0.25, 0.3) is 0 Å². The van der Waals surface area contributed by atoms with Gasteiger partial charge in [0, 0.05) is 13.2 Å². The molecule has 38 heavy (non-hydrogen) atoms. The Morgan fingerprint density at radius 1 is 0.447 bits per heavy atom. The van der Waals surface area contributed by atoms with Crippen LogP contribution in [-0.4, -0.2) is 82.9 Å². The van der Waals surface area contributed by atoms with Crippen molar-refractivity contribution in [2.24, 2.45) is 0 Å². The lowest BCUT2D eigenvalue weighted by Crippen LogP contribution is -2.13. The Kier molecular flexibility index (Phi) is 15.0. The molecule has 0 saturated carbocycles. The fraction of sp³-hybridized carbons (Fsp3) is 0.538. The van der Waals surface area contributed by atoms with Gasteiger partial charge in [-0.1, -0.05) is 35.4 Å². The number of benzene rings is 2. The molecule has 0 spiro atoms. The first-order valence-corrected chi connectivity index (χ1v) is 15.3. The molecule has 0 heterocycles. The van der Waals surface area contributed by atoms with Crippen molar-refractivity contribution in [1.29, 1.82) is 0 Å². The van der Waals surface area contributed by atoms with Gasteiger partial charge in [-0.15, -0.1) is 0 Å². The van der Waals surface area contributed by atoms with Crippen LogP contribution in [0, 0.1) is 13.8 Å². The zero-order valence-electron chi connectivity index (χ0n) is 22.0. The summed E-state index contributed by atoms with van der Waals surface area (Å²) in [6.07, 6.45) is 0.895. The largest absolute Gasteiger partial charge is 0.379 e. The monoisotopic (exact) mass is 574 g/mol. The fourth-order valence-corrected chi connectivity index (χ4v) is 4.85. The summed E-state index contributed by atoms with van der Waals surface area (Å²) in [5.41, 5.74) is 1.95. The van der Waals surface area contributed by atoms with E-state index < -0.39 is 20.2 Å². The molecule has 0 aliphatic carbocycles. The maximum atomic E-state index is 12.1. The van der Waals surface area contributed by atoms with Gasteiger partial charge in [-0.05, 0) is 51.0 Å². The maximum Gasteiger partial charge on any atom is 0.296 e. The third kappa shape index (κ3) is 13.3. The molecule has 2 aromatic carbocycles. The average molecular weight is 575 g/mol. The zero-order valence-corrected chi connectivity index (χ0v) is 23.6. The van der Waals surface area contributed by atoms with Gasteiger partial charge in [-0.3, -0.25) is 8.37 Å². The highest BCUT2D eigenvalue weighted by molar-refractivity contribution is 7.87. The van der Waals surface area contributed by atoms with Crippen molar-refractivity contribution < 1.29 is 44.1 Å². The molecule has 0 amide bonds. The van der Waals surface area contributed by atoms with Crippen LogP contribution in [0.4, 0.5) is 0 Å². The highest BCUT2D eigenvalue weighted by Gasteiger charge is 2.15. The summed E-state index contributed by atoms with van der Waals surface area (Å²) in [6.45, 7) is 6.97. The van der Waals surface area contributed by atoms with E-state index in [1.54, 1.807) is 24.3 Å². The molecule has 2 aromatic rings. The zero-order chi connectivity index (χ0) is 27.7. The van der Waals surface area contributed by atoms with Crippen LogP contribution in [0.5, 0.6) is 0 Å². The molecular formula is C26H38O10S2. The molecule has 12 heteroatoms. The smallest absolute Gasteiger partial charge is 0.296 e. The summed E-state index contributed by atoms with van der Waals surface area (Å²) in [5.74, 6) is 0. The van der Waals surface area contributed by atoms with Crippen LogP contribution in [0.1, 0.15) is 24.0 Å². The molecular weight excluding hydrogens is 536 g/mol. The normalized spacial score (nSPS) is 12.2. The van der Waals surface area contributed by atoms with Crippen LogP contribution in [-0.2, 0) is 47.5 Å². The van der Waals surface area contributed by atoms with Crippen molar-refractivity contribution in [3.05, 3.63) is 59.7 Å². The highest BCUT2D eigenvalue weighted by Crippen LogP contribution is 2.14. The van der Waals surface area contributed by atoms with Crippen molar-refractivity contribution in [1.82, 2.24) is 0 Å². The van der Waals surface area contributed by atoms with E-state index in [1.807, 2.05) is 13.8 Å². The molecule has 10 nitrogen and oxygen atoms in total. The first kappa shape index (κ1) is 32.3. The predicted molar refractivity (Wildman–Crippen MR) is 141 cm³/mol. The van der Waals surface area contributed by atoms with Gasteiger partial charge in [-0.25, -0.2) is 0 Å². The second-order valence-corrected chi connectivity index (χ2v) is 11.6. The number of hydrogen-bond donors (Lipinski definition) is 0. The third-order valence-corrected chi connectivity index (χ3v) is 7.73. The average Bonchev–Trinajstić information content (AvgIpc) is 2.88. The Morgan fingerprint density at radius 2 is 0.737 bits per heavy atom. The Labute approximate surface area is 226 Å². The quantitative estimate of drug-likeness (QED) is 0.162. The maximum absolute atomic E-state index is 12.1. The van der Waals surface area contributed by atoms with Crippen molar-refractivity contribution in [3.63, 3.8) is 0 Å². The van der Waals surface area contributed by atoms with Crippen molar-refractivity contribution >= 4 is 20.2 Å². The number of aryl methyl sites for hydroxylation is 2. The van der Waals surface area contributed by atoms with Gasteiger partial charge < -0.3 is 18.9 Å². The number of rotatable bonds is 21. The molecule has 0 fully saturated rings. The molecule has 0 aliphatic rings. The molecule has 0 aliphatic heterocycles. The third-order valence-electron chi connectivity index (χ3n) is 5.08. The molecule has 0 radical (unpaired) electrons. The van der Waals surface area contributed by atoms with E-state index in [1.165, 1.54) is 24.3 Å². The van der Waals surface area contributed by atoms with Crippen molar-refractivity contribution in [3.8, 4) is 0 Å². The van der Waals surface area contributed by atoms with E-state index in [9.17, 15) is 16.8 Å². The van der Waals surface area contributed by atoms with E-state index >= 15 is 0 Å². The Hall–Kier alpha value is -1.90. The molecule has 0 atom stereocenters. The highest BCUT2D eigenvalue weighted by atomic mass is 32.2. The van der Waals surface area contributed by atoms with Crippen LogP contribution >= 0.6 is 0 Å². The van der Waals surface area contributed by atoms with E-state index in [4.69, 9.17) is 27.3 Å². The number of hydrogen-bond acceptors (Lipinski definition) is 10. The van der Waals surface area contributed by atoms with Crippen molar-refractivity contribution in [2.45, 2.75) is 36.5 Å². The molecule has 0 unspecified atom stereocenters. The van der Waals surface area contributed by atoms with Gasteiger partial charge in [0.05, 0.1) is 62.6 Å². The first-order valence-electron chi connectivity index (χ1n) is 12.4. The lowest BCUT2D eigenvalue weighted by atomic mass is 10.2. The van der Waals surface area contributed by atoms with Crippen LogP contribution < -0.4 is 0 Å². The minimum Gasteiger partial charge on any atom is -0.379 e. The second-order valence-electron chi connectivity index (χ2n) is 8.33. The van der Waals surface area contributed by atoms with E-state index in [0.29, 0.717) is 65.7 Å². The summed E-state index contributed by atoms with van der Waals surface area (Å²) in [7, 11) is -7.49. The molecule has 0 aromatic heterocycles. The summed E-state index contributed by atoms with van der Waals surface area (Å²) >= 11 is 0. The van der Waals surface area contributed by atoms with E-state index in [2.05, 4.69) is 0 Å². The minimum atomic E-state index is -3.74. The van der Waals surface area contributed by atoms with Gasteiger partial charge in [-0.2, -0.15) is 16.8 Å². The minimum absolute atomic E-state index is 0.0481. The summed E-state index contributed by atoms with van der Waals surface area (Å²) in [6, 6.07) is 13.0. The lowest BCUT2D eigenvalue weighted by Gasteiger charge is -2.08. The van der Waals surface area contributed by atoms with Gasteiger partial charge in [0.2, 0.25) is 0 Å². The summed E-state index contributed by atoms with van der Waals surface area (Å²) in [4.78, 5) is 0.283. The van der Waals surface area contributed by atoms with Crippen molar-refractivity contribution in [2.75, 3.05) is 66.1 Å². The van der Waals surface area contributed by atoms with E-state index in [0.717, 1.165) is 11.1 Å². The molecule has 0 N–H and O–H groups in total. The Balaban J connectivity index is 1.33. The molecule has 0 saturated heterocycles. The standard InChI is InChI=1S/C26H38O10S2/c1-23-5-9-25(10-6-23)37(27,28)35-15-3-13-31-17-19-33-21-22-34-20-18-32-14-4-16-36-38(29,30)26-11-7-24(2)8-12-26/h5-12H,3-4,13-22H2,1-2H3. The van der Waals surface area contributed by atoms with Gasteiger partial charge >= 0.3 is 0 Å². The number of ether oxygens (including phenoxy) is 4. The van der Waals surface area contributed by atoms with E-state index in [-0.39, 0.29) is 23.0 Å². The van der Waals surface area contributed by atoms with Crippen LogP contribution in [0.2, 0.25) is 0 Å².